The van der Waals surface area contributed by atoms with Crippen LogP contribution in [-0.4, -0.2) is 5.11 Å². The van der Waals surface area contributed by atoms with Crippen LogP contribution in [0.25, 0.3) is 0 Å². The monoisotopic (exact) mass is 304 g/mol. The number of hydrogen-bond acceptors (Lipinski definition) is 2. The van der Waals surface area contributed by atoms with Crippen molar-refractivity contribution in [3.05, 3.63) is 58.6 Å². The summed E-state index contributed by atoms with van der Waals surface area (Å²) < 4.78 is 5.79. The predicted molar refractivity (Wildman–Crippen MR) is 87.2 cm³/mol. The molecule has 0 aliphatic heterocycles. The van der Waals surface area contributed by atoms with Crippen LogP contribution in [0.3, 0.4) is 0 Å². The predicted octanol–water partition coefficient (Wildman–Crippen LogP) is 5.53. The maximum absolute atomic E-state index is 9.53. The van der Waals surface area contributed by atoms with Gasteiger partial charge in [-0.25, -0.2) is 0 Å². The first kappa shape index (κ1) is 15.9. The zero-order valence-electron chi connectivity index (χ0n) is 12.5. The van der Waals surface area contributed by atoms with E-state index in [1.807, 2.05) is 18.2 Å². The van der Waals surface area contributed by atoms with Gasteiger partial charge in [-0.15, -0.1) is 0 Å². The summed E-state index contributed by atoms with van der Waals surface area (Å²) in [7, 11) is 0. The number of rotatable bonds is 6. The fourth-order valence-electron chi connectivity index (χ4n) is 2.09. The van der Waals surface area contributed by atoms with Crippen molar-refractivity contribution in [3.8, 4) is 11.5 Å². The van der Waals surface area contributed by atoms with Crippen molar-refractivity contribution < 1.29 is 9.84 Å². The Labute approximate surface area is 131 Å². The minimum atomic E-state index is -0.533. The van der Waals surface area contributed by atoms with Crippen molar-refractivity contribution >= 4 is 11.6 Å². The second kappa shape index (κ2) is 7.48. The fraction of sp³-hybridized carbons (Fsp3) is 0.333. The fourth-order valence-corrected chi connectivity index (χ4v) is 2.32. The molecule has 0 saturated carbocycles. The Morgan fingerprint density at radius 1 is 1.14 bits per heavy atom. The zero-order valence-corrected chi connectivity index (χ0v) is 13.2. The summed E-state index contributed by atoms with van der Waals surface area (Å²) in [5.74, 6) is 1.37. The molecule has 0 heterocycles. The Morgan fingerprint density at radius 2 is 1.86 bits per heavy atom. The van der Waals surface area contributed by atoms with E-state index in [1.165, 1.54) is 18.4 Å². The molecule has 2 aromatic rings. The summed E-state index contributed by atoms with van der Waals surface area (Å²) in [5, 5.41) is 10.0. The summed E-state index contributed by atoms with van der Waals surface area (Å²) in [6.45, 7) is 3.90. The van der Waals surface area contributed by atoms with Crippen LogP contribution in [0.5, 0.6) is 11.5 Å². The van der Waals surface area contributed by atoms with Gasteiger partial charge in [0.1, 0.15) is 11.5 Å². The van der Waals surface area contributed by atoms with Gasteiger partial charge in [-0.3, -0.25) is 0 Å². The minimum absolute atomic E-state index is 0.503. The van der Waals surface area contributed by atoms with Gasteiger partial charge >= 0.3 is 0 Å². The molecule has 0 radical (unpaired) electrons. The Bertz CT molecular complexity index is 576. The second-order valence-electron chi connectivity index (χ2n) is 5.22. The summed E-state index contributed by atoms with van der Waals surface area (Å²) in [6, 6.07) is 13.4. The summed E-state index contributed by atoms with van der Waals surface area (Å²) >= 11 is 6.19. The largest absolute Gasteiger partial charge is 0.456 e. The van der Waals surface area contributed by atoms with Crippen LogP contribution in [0.1, 0.15) is 43.9 Å². The van der Waals surface area contributed by atoms with Crippen molar-refractivity contribution in [2.24, 2.45) is 0 Å². The number of halogens is 1. The summed E-state index contributed by atoms with van der Waals surface area (Å²) in [4.78, 5) is 0. The van der Waals surface area contributed by atoms with Gasteiger partial charge in [-0.1, -0.05) is 43.1 Å². The molecule has 2 aromatic carbocycles. The smallest absolute Gasteiger partial charge is 0.146 e. The third-order valence-electron chi connectivity index (χ3n) is 3.41. The topological polar surface area (TPSA) is 29.5 Å². The quantitative estimate of drug-likeness (QED) is 0.760. The van der Waals surface area contributed by atoms with Crippen LogP contribution in [-0.2, 0) is 6.42 Å². The minimum Gasteiger partial charge on any atom is -0.456 e. The van der Waals surface area contributed by atoms with E-state index >= 15 is 0 Å². The van der Waals surface area contributed by atoms with E-state index in [0.717, 1.165) is 17.7 Å². The normalized spacial score (nSPS) is 12.2. The second-order valence-corrected chi connectivity index (χ2v) is 5.62. The number of benzene rings is 2. The lowest BCUT2D eigenvalue weighted by Gasteiger charge is -2.11. The molecule has 0 saturated heterocycles. The number of hydrogen-bond donors (Lipinski definition) is 1. The van der Waals surface area contributed by atoms with E-state index in [0.29, 0.717) is 10.8 Å². The molecule has 0 aliphatic rings. The molecular weight excluding hydrogens is 284 g/mol. The van der Waals surface area contributed by atoms with Crippen molar-refractivity contribution in [1.82, 2.24) is 0 Å². The molecule has 0 aliphatic carbocycles. The van der Waals surface area contributed by atoms with Gasteiger partial charge in [-0.05, 0) is 55.2 Å². The molecule has 2 nitrogen and oxygen atoms in total. The molecular formula is C18H21ClO2. The maximum Gasteiger partial charge on any atom is 0.146 e. The number of aryl methyl sites for hydroxylation is 1. The highest BCUT2D eigenvalue weighted by Gasteiger charge is 2.07. The summed E-state index contributed by atoms with van der Waals surface area (Å²) in [6.07, 6.45) is 2.96. The number of unbranched alkanes of at least 4 members (excludes halogenated alkanes) is 1. The van der Waals surface area contributed by atoms with Gasteiger partial charge in [0.25, 0.3) is 0 Å². The van der Waals surface area contributed by atoms with Crippen LogP contribution >= 0.6 is 11.6 Å². The van der Waals surface area contributed by atoms with Crippen LogP contribution in [0, 0.1) is 0 Å². The van der Waals surface area contributed by atoms with Crippen molar-refractivity contribution in [3.63, 3.8) is 0 Å². The molecule has 0 aromatic heterocycles. The molecule has 3 heteroatoms. The average molecular weight is 305 g/mol. The molecule has 2 rings (SSSR count). The van der Waals surface area contributed by atoms with Crippen LogP contribution < -0.4 is 4.74 Å². The Balaban J connectivity index is 2.07. The van der Waals surface area contributed by atoms with Crippen LogP contribution in [0.4, 0.5) is 0 Å². The molecule has 0 amide bonds. The van der Waals surface area contributed by atoms with Crippen LogP contribution in [0.15, 0.2) is 42.5 Å². The molecule has 0 spiro atoms. The van der Waals surface area contributed by atoms with Gasteiger partial charge in [-0.2, -0.15) is 0 Å². The Kier molecular flexibility index (Phi) is 5.66. The SMILES string of the molecule is CCCCc1ccc(Oc2ccc(C(C)O)cc2Cl)cc1. The average Bonchev–Trinajstić information content (AvgIpc) is 2.48. The van der Waals surface area contributed by atoms with E-state index in [2.05, 4.69) is 19.1 Å². The van der Waals surface area contributed by atoms with Crippen molar-refractivity contribution in [2.75, 3.05) is 0 Å². The molecule has 112 valence electrons. The van der Waals surface area contributed by atoms with Crippen LogP contribution in [0.2, 0.25) is 5.02 Å². The standard InChI is InChI=1S/C18H21ClO2/c1-3-4-5-14-6-9-16(10-7-14)21-18-11-8-15(13(2)20)12-17(18)19/h6-13,20H,3-5H2,1-2H3. The zero-order chi connectivity index (χ0) is 15.2. The highest BCUT2D eigenvalue weighted by atomic mass is 35.5. The third-order valence-corrected chi connectivity index (χ3v) is 3.70. The molecule has 0 fully saturated rings. The van der Waals surface area contributed by atoms with E-state index < -0.39 is 6.10 Å². The molecule has 1 unspecified atom stereocenters. The van der Waals surface area contributed by atoms with Gasteiger partial charge in [0.2, 0.25) is 0 Å². The van der Waals surface area contributed by atoms with E-state index in [9.17, 15) is 5.11 Å². The molecule has 1 N–H and O–H groups in total. The first-order chi connectivity index (χ1) is 10.1. The van der Waals surface area contributed by atoms with E-state index in [1.54, 1.807) is 19.1 Å². The highest BCUT2D eigenvalue weighted by Crippen LogP contribution is 2.31. The van der Waals surface area contributed by atoms with E-state index in [-0.39, 0.29) is 0 Å². The summed E-state index contributed by atoms with van der Waals surface area (Å²) in [5.41, 5.74) is 2.10. The van der Waals surface area contributed by atoms with Gasteiger partial charge in [0.15, 0.2) is 0 Å². The number of aliphatic hydroxyl groups is 1. The first-order valence-corrected chi connectivity index (χ1v) is 7.72. The van der Waals surface area contributed by atoms with Gasteiger partial charge in [0, 0.05) is 0 Å². The lowest BCUT2D eigenvalue weighted by Crippen LogP contribution is -1.92. The van der Waals surface area contributed by atoms with Gasteiger partial charge < -0.3 is 9.84 Å². The Morgan fingerprint density at radius 3 is 2.43 bits per heavy atom. The molecule has 21 heavy (non-hydrogen) atoms. The molecule has 1 atom stereocenters. The lowest BCUT2D eigenvalue weighted by molar-refractivity contribution is 0.199. The Hall–Kier alpha value is -1.51. The number of aliphatic hydroxyl groups excluding tert-OH is 1. The van der Waals surface area contributed by atoms with E-state index in [4.69, 9.17) is 16.3 Å². The third kappa shape index (κ3) is 4.48. The first-order valence-electron chi connectivity index (χ1n) is 7.34. The maximum atomic E-state index is 9.53. The number of ether oxygens (including phenoxy) is 1. The lowest BCUT2D eigenvalue weighted by atomic mass is 10.1. The molecule has 0 bridgehead atoms. The van der Waals surface area contributed by atoms with Gasteiger partial charge in [0.05, 0.1) is 11.1 Å². The van der Waals surface area contributed by atoms with Crippen molar-refractivity contribution in [2.45, 2.75) is 39.2 Å². The highest BCUT2D eigenvalue weighted by molar-refractivity contribution is 6.32. The van der Waals surface area contributed by atoms with Crippen molar-refractivity contribution in [1.29, 1.82) is 0 Å².